The summed E-state index contributed by atoms with van der Waals surface area (Å²) < 4.78 is 10.4. The number of hydrogen-bond acceptors (Lipinski definition) is 5. The van der Waals surface area contributed by atoms with E-state index in [2.05, 4.69) is 0 Å². The number of esters is 1. The maximum absolute atomic E-state index is 12.6. The highest BCUT2D eigenvalue weighted by molar-refractivity contribution is 6.03. The fourth-order valence-corrected chi connectivity index (χ4v) is 3.26. The first-order chi connectivity index (χ1) is 10.2. The summed E-state index contributed by atoms with van der Waals surface area (Å²) in [5, 5.41) is 0. The fourth-order valence-electron chi connectivity index (χ4n) is 3.26. The predicted molar refractivity (Wildman–Crippen MR) is 79.2 cm³/mol. The molecule has 6 heteroatoms. The van der Waals surface area contributed by atoms with E-state index in [1.807, 2.05) is 0 Å². The maximum Gasteiger partial charge on any atom is 0.411 e. The molecule has 0 unspecified atom stereocenters. The van der Waals surface area contributed by atoms with Crippen molar-refractivity contribution in [2.45, 2.75) is 71.1 Å². The smallest absolute Gasteiger partial charge is 0.411 e. The molecule has 0 aromatic carbocycles. The van der Waals surface area contributed by atoms with Crippen LogP contribution < -0.4 is 0 Å². The molecular weight excluding hydrogens is 286 g/mol. The van der Waals surface area contributed by atoms with Gasteiger partial charge in [-0.1, -0.05) is 0 Å². The van der Waals surface area contributed by atoms with Crippen LogP contribution in [0.1, 0.15) is 53.4 Å². The second kappa shape index (κ2) is 6.26. The minimum Gasteiger partial charge on any atom is -0.465 e. The lowest BCUT2D eigenvalue weighted by molar-refractivity contribution is -0.158. The van der Waals surface area contributed by atoms with E-state index in [1.165, 1.54) is 0 Å². The van der Waals surface area contributed by atoms with Crippen LogP contribution in [0.2, 0.25) is 0 Å². The van der Waals surface area contributed by atoms with Crippen LogP contribution >= 0.6 is 0 Å². The van der Waals surface area contributed by atoms with Crippen molar-refractivity contribution in [1.29, 1.82) is 0 Å². The van der Waals surface area contributed by atoms with E-state index in [0.717, 1.165) is 12.8 Å². The Morgan fingerprint density at radius 3 is 2.55 bits per heavy atom. The normalized spacial score (nSPS) is 28.3. The van der Waals surface area contributed by atoms with Gasteiger partial charge in [-0.3, -0.25) is 14.5 Å². The second-order valence-corrected chi connectivity index (χ2v) is 6.93. The molecule has 0 N–H and O–H groups in total. The van der Waals surface area contributed by atoms with Gasteiger partial charge in [-0.25, -0.2) is 4.79 Å². The van der Waals surface area contributed by atoms with Gasteiger partial charge >= 0.3 is 12.1 Å². The molecule has 2 fully saturated rings. The Balaban J connectivity index is 2.17. The molecule has 2 rings (SSSR count). The Labute approximate surface area is 131 Å². The van der Waals surface area contributed by atoms with E-state index >= 15 is 0 Å². The first kappa shape index (κ1) is 16.8. The van der Waals surface area contributed by atoms with Crippen molar-refractivity contribution in [2.75, 3.05) is 6.61 Å². The van der Waals surface area contributed by atoms with E-state index in [4.69, 9.17) is 9.47 Å². The number of hydrogen-bond donors (Lipinski definition) is 0. The van der Waals surface area contributed by atoms with Crippen LogP contribution in [0, 0.1) is 5.92 Å². The second-order valence-electron chi connectivity index (χ2n) is 6.93. The molecule has 124 valence electrons. The molecule has 2 heterocycles. The molecule has 2 bridgehead atoms. The van der Waals surface area contributed by atoms with Gasteiger partial charge in [0.05, 0.1) is 12.6 Å². The molecule has 1 amide bonds. The quantitative estimate of drug-likeness (QED) is 0.578. The monoisotopic (exact) mass is 311 g/mol. The zero-order valence-electron chi connectivity index (χ0n) is 13.8. The highest BCUT2D eigenvalue weighted by Crippen LogP contribution is 2.36. The first-order valence-corrected chi connectivity index (χ1v) is 7.96. The number of Topliss-reactive ketones (excluding diaryl/α,β-unsaturated/α-hetero) is 1. The lowest BCUT2D eigenvalue weighted by atomic mass is 9.77. The van der Waals surface area contributed by atoms with Gasteiger partial charge in [0.2, 0.25) is 0 Å². The third-order valence-electron chi connectivity index (χ3n) is 4.10. The number of carbonyl (C=O) groups is 3. The summed E-state index contributed by atoms with van der Waals surface area (Å²) in [4.78, 5) is 38.5. The van der Waals surface area contributed by atoms with Crippen LogP contribution in [-0.2, 0) is 19.1 Å². The van der Waals surface area contributed by atoms with Crippen molar-refractivity contribution < 1.29 is 23.9 Å². The molecule has 0 saturated carbocycles. The van der Waals surface area contributed by atoms with E-state index in [0.29, 0.717) is 12.8 Å². The number of fused-ring (bicyclic) bond motifs is 2. The lowest BCUT2D eigenvalue weighted by Crippen LogP contribution is -2.61. The van der Waals surface area contributed by atoms with Crippen LogP contribution in [-0.4, -0.2) is 47.0 Å². The Morgan fingerprint density at radius 2 is 1.95 bits per heavy atom. The maximum atomic E-state index is 12.6. The highest BCUT2D eigenvalue weighted by atomic mass is 16.6. The van der Waals surface area contributed by atoms with E-state index < -0.39 is 29.6 Å². The number of piperidine rings is 2. The summed E-state index contributed by atoms with van der Waals surface area (Å²) in [6.07, 6.45) is 2.14. The standard InChI is InChI=1S/C16H25NO5/c1-5-21-14(19)11-9-10-7-6-8-12(13(11)18)17(10)15(20)22-16(2,3)4/h10-12H,5-9H2,1-4H3/t10-,11-,12+/m1/s1. The average Bonchev–Trinajstić information content (AvgIpc) is 2.40. The zero-order chi connectivity index (χ0) is 16.5. The van der Waals surface area contributed by atoms with Gasteiger partial charge in [-0.2, -0.15) is 0 Å². The molecule has 6 nitrogen and oxygen atoms in total. The molecule has 2 aliphatic heterocycles. The van der Waals surface area contributed by atoms with Crippen LogP contribution in [0.5, 0.6) is 0 Å². The molecule has 0 aromatic heterocycles. The fraction of sp³-hybridized carbons (Fsp3) is 0.812. The molecule has 0 aromatic rings. The van der Waals surface area contributed by atoms with E-state index in [9.17, 15) is 14.4 Å². The van der Waals surface area contributed by atoms with Crippen molar-refractivity contribution in [2.24, 2.45) is 5.92 Å². The number of ketones is 1. The number of amides is 1. The summed E-state index contributed by atoms with van der Waals surface area (Å²) >= 11 is 0. The van der Waals surface area contributed by atoms with Crippen LogP contribution in [0.15, 0.2) is 0 Å². The number of rotatable bonds is 2. The Kier molecular flexibility index (Phi) is 4.78. The van der Waals surface area contributed by atoms with E-state index in [1.54, 1.807) is 32.6 Å². The van der Waals surface area contributed by atoms with Crippen molar-refractivity contribution in [3.8, 4) is 0 Å². The number of ether oxygens (including phenoxy) is 2. The lowest BCUT2D eigenvalue weighted by Gasteiger charge is -2.46. The van der Waals surface area contributed by atoms with Crippen molar-refractivity contribution in [3.63, 3.8) is 0 Å². The SMILES string of the molecule is CCOC(=O)[C@@H]1C[C@H]2CCC[C@@H](C1=O)N2C(=O)OC(C)(C)C. The Hall–Kier alpha value is -1.59. The largest absolute Gasteiger partial charge is 0.465 e. The predicted octanol–water partition coefficient (Wildman–Crippen LogP) is 2.30. The first-order valence-electron chi connectivity index (χ1n) is 7.96. The van der Waals surface area contributed by atoms with E-state index in [-0.39, 0.29) is 18.4 Å². The molecule has 22 heavy (non-hydrogen) atoms. The summed E-state index contributed by atoms with van der Waals surface area (Å²) in [6.45, 7) is 7.38. The molecule has 2 aliphatic rings. The van der Waals surface area contributed by atoms with Gasteiger partial charge in [-0.15, -0.1) is 0 Å². The third kappa shape index (κ3) is 3.42. The molecular formula is C16H25NO5. The van der Waals surface area contributed by atoms with Gasteiger partial charge in [0.15, 0.2) is 5.78 Å². The van der Waals surface area contributed by atoms with Crippen LogP contribution in [0.4, 0.5) is 4.79 Å². The number of carbonyl (C=O) groups excluding carboxylic acids is 3. The molecule has 0 spiro atoms. The summed E-state index contributed by atoms with van der Waals surface area (Å²) in [5.41, 5.74) is -0.605. The zero-order valence-corrected chi connectivity index (χ0v) is 13.8. The van der Waals surface area contributed by atoms with Gasteiger partial charge in [0.25, 0.3) is 0 Å². The van der Waals surface area contributed by atoms with Gasteiger partial charge in [-0.05, 0) is 53.4 Å². The third-order valence-corrected chi connectivity index (χ3v) is 4.10. The molecule has 2 saturated heterocycles. The average molecular weight is 311 g/mol. The molecule has 0 aliphatic carbocycles. The Bertz CT molecular complexity index is 468. The van der Waals surface area contributed by atoms with Gasteiger partial charge < -0.3 is 9.47 Å². The highest BCUT2D eigenvalue weighted by Gasteiger charge is 2.50. The van der Waals surface area contributed by atoms with Gasteiger partial charge in [0, 0.05) is 6.04 Å². The summed E-state index contributed by atoms with van der Waals surface area (Å²) in [6, 6.07) is -0.683. The molecule has 0 radical (unpaired) electrons. The number of nitrogens with zero attached hydrogens (tertiary/aromatic N) is 1. The van der Waals surface area contributed by atoms with Crippen molar-refractivity contribution in [1.82, 2.24) is 4.90 Å². The Morgan fingerprint density at radius 1 is 1.27 bits per heavy atom. The minimum absolute atomic E-state index is 0.124. The van der Waals surface area contributed by atoms with Crippen LogP contribution in [0.3, 0.4) is 0 Å². The summed E-state index contributed by atoms with van der Waals surface area (Å²) in [5.74, 6) is -1.41. The summed E-state index contributed by atoms with van der Waals surface area (Å²) in [7, 11) is 0. The minimum atomic E-state index is -0.742. The topological polar surface area (TPSA) is 72.9 Å². The molecule has 3 atom stereocenters. The van der Waals surface area contributed by atoms with Crippen LogP contribution in [0.25, 0.3) is 0 Å². The van der Waals surface area contributed by atoms with Gasteiger partial charge in [0.1, 0.15) is 11.5 Å². The van der Waals surface area contributed by atoms with Crippen molar-refractivity contribution in [3.05, 3.63) is 0 Å². The van der Waals surface area contributed by atoms with Crippen molar-refractivity contribution >= 4 is 17.8 Å².